The van der Waals surface area contributed by atoms with Crippen LogP contribution in [0.4, 0.5) is 5.69 Å². The number of anilines is 1. The number of amides is 2. The summed E-state index contributed by atoms with van der Waals surface area (Å²) in [7, 11) is 0. The fourth-order valence-electron chi connectivity index (χ4n) is 3.87. The van der Waals surface area contributed by atoms with E-state index in [1.165, 1.54) is 11.8 Å². The standard InChI is InChI=1S/C29H27BrClN5O4S/c1-4-40-28(39)19-7-10-21(11-8-19)33-26(37)16-41-29-35-34-25(36(29)24-13-17(2)5-6-18(24)3)15-32-27(38)22-14-20(30)9-12-23(22)31/h5-14H,4,15-16H2,1-3H3,(H,32,38)(H,33,37). The van der Waals surface area contributed by atoms with E-state index < -0.39 is 5.97 Å². The van der Waals surface area contributed by atoms with Gasteiger partial charge in [-0.3, -0.25) is 14.2 Å². The van der Waals surface area contributed by atoms with Gasteiger partial charge in [-0.05, 0) is 80.4 Å². The zero-order chi connectivity index (χ0) is 29.5. The first kappa shape index (κ1) is 30.3. The van der Waals surface area contributed by atoms with Gasteiger partial charge < -0.3 is 15.4 Å². The lowest BCUT2D eigenvalue weighted by molar-refractivity contribution is -0.113. The number of hydrogen-bond acceptors (Lipinski definition) is 7. The van der Waals surface area contributed by atoms with Gasteiger partial charge in [-0.15, -0.1) is 10.2 Å². The van der Waals surface area contributed by atoms with Crippen LogP contribution in [0.2, 0.25) is 5.02 Å². The highest BCUT2D eigenvalue weighted by Gasteiger charge is 2.19. The van der Waals surface area contributed by atoms with Gasteiger partial charge in [0.25, 0.3) is 5.91 Å². The number of thioether (sulfide) groups is 1. The number of nitrogens with zero attached hydrogens (tertiary/aromatic N) is 3. The number of carbonyl (C=O) groups is 3. The third-order valence-corrected chi connectivity index (χ3v) is 7.65. The molecule has 2 amide bonds. The van der Waals surface area contributed by atoms with E-state index in [1.54, 1.807) is 49.4 Å². The highest BCUT2D eigenvalue weighted by molar-refractivity contribution is 9.10. The maximum atomic E-state index is 12.9. The van der Waals surface area contributed by atoms with Crippen LogP contribution in [0.1, 0.15) is 44.6 Å². The molecule has 0 aliphatic rings. The number of nitrogens with one attached hydrogen (secondary N) is 2. The van der Waals surface area contributed by atoms with E-state index in [0.717, 1.165) is 21.3 Å². The van der Waals surface area contributed by atoms with Crippen molar-refractivity contribution in [2.75, 3.05) is 17.7 Å². The average Bonchev–Trinajstić information content (AvgIpc) is 3.36. The second-order valence-electron chi connectivity index (χ2n) is 8.97. The molecule has 12 heteroatoms. The van der Waals surface area contributed by atoms with Crippen LogP contribution in [0.5, 0.6) is 0 Å². The fourth-order valence-corrected chi connectivity index (χ4v) is 5.20. The maximum Gasteiger partial charge on any atom is 0.338 e. The number of esters is 1. The fraction of sp³-hybridized carbons (Fsp3) is 0.207. The third-order valence-electron chi connectivity index (χ3n) is 5.90. The molecule has 0 bridgehead atoms. The SMILES string of the molecule is CCOC(=O)c1ccc(NC(=O)CSc2nnc(CNC(=O)c3cc(Br)ccc3Cl)n2-c2cc(C)ccc2C)cc1. The lowest BCUT2D eigenvalue weighted by Crippen LogP contribution is -2.25. The van der Waals surface area contributed by atoms with Crippen LogP contribution in [-0.4, -0.2) is 44.9 Å². The molecule has 1 heterocycles. The molecule has 4 aromatic rings. The minimum atomic E-state index is -0.418. The molecule has 41 heavy (non-hydrogen) atoms. The molecule has 0 unspecified atom stereocenters. The Hall–Kier alpha value is -3.67. The van der Waals surface area contributed by atoms with Crippen LogP contribution in [0, 0.1) is 13.8 Å². The van der Waals surface area contributed by atoms with Gasteiger partial charge in [0.05, 0.1) is 40.7 Å². The van der Waals surface area contributed by atoms with E-state index in [1.807, 2.05) is 36.6 Å². The molecule has 0 atom stereocenters. The molecule has 3 aromatic carbocycles. The van der Waals surface area contributed by atoms with Gasteiger partial charge >= 0.3 is 5.97 Å². The van der Waals surface area contributed by atoms with Gasteiger partial charge in [0.1, 0.15) is 0 Å². The smallest absolute Gasteiger partial charge is 0.338 e. The zero-order valence-corrected chi connectivity index (χ0v) is 25.7. The summed E-state index contributed by atoms with van der Waals surface area (Å²) in [5.74, 6) is -0.472. The van der Waals surface area contributed by atoms with Crippen molar-refractivity contribution >= 4 is 62.8 Å². The van der Waals surface area contributed by atoms with Gasteiger partial charge in [-0.1, -0.05) is 51.4 Å². The molecule has 0 saturated heterocycles. The number of hydrogen-bond donors (Lipinski definition) is 2. The number of rotatable bonds is 10. The number of aryl methyl sites for hydroxylation is 2. The normalized spacial score (nSPS) is 10.8. The summed E-state index contributed by atoms with van der Waals surface area (Å²) < 4.78 is 7.57. The van der Waals surface area contributed by atoms with E-state index in [-0.39, 0.29) is 30.7 Å². The van der Waals surface area contributed by atoms with Crippen LogP contribution < -0.4 is 10.6 Å². The van der Waals surface area contributed by atoms with Crippen LogP contribution in [-0.2, 0) is 16.1 Å². The molecule has 0 radical (unpaired) electrons. The Balaban J connectivity index is 1.50. The van der Waals surface area contributed by atoms with Gasteiger partial charge in [-0.25, -0.2) is 4.79 Å². The van der Waals surface area contributed by atoms with E-state index in [2.05, 4.69) is 36.8 Å². The van der Waals surface area contributed by atoms with Crippen molar-refractivity contribution in [1.29, 1.82) is 0 Å². The summed E-state index contributed by atoms with van der Waals surface area (Å²) in [5.41, 5.74) is 4.15. The molecular weight excluding hydrogens is 630 g/mol. The molecule has 9 nitrogen and oxygen atoms in total. The topological polar surface area (TPSA) is 115 Å². The van der Waals surface area contributed by atoms with E-state index in [4.69, 9.17) is 16.3 Å². The minimum Gasteiger partial charge on any atom is -0.462 e. The summed E-state index contributed by atoms with van der Waals surface area (Å²) in [6.45, 7) is 6.07. The Morgan fingerprint density at radius 2 is 1.78 bits per heavy atom. The second kappa shape index (κ2) is 13.8. The molecule has 2 N–H and O–H groups in total. The van der Waals surface area contributed by atoms with Gasteiger partial charge in [0.2, 0.25) is 5.91 Å². The van der Waals surface area contributed by atoms with Crippen LogP contribution >= 0.6 is 39.3 Å². The van der Waals surface area contributed by atoms with Crippen molar-refractivity contribution in [2.24, 2.45) is 0 Å². The van der Waals surface area contributed by atoms with Crippen molar-refractivity contribution in [2.45, 2.75) is 32.5 Å². The van der Waals surface area contributed by atoms with Crippen molar-refractivity contribution in [3.05, 3.63) is 98.2 Å². The predicted octanol–water partition coefficient (Wildman–Crippen LogP) is 6.14. The number of halogens is 2. The lowest BCUT2D eigenvalue weighted by Gasteiger charge is -2.14. The summed E-state index contributed by atoms with van der Waals surface area (Å²) in [4.78, 5) is 37.5. The van der Waals surface area contributed by atoms with Gasteiger partial charge in [-0.2, -0.15) is 0 Å². The molecule has 0 saturated carbocycles. The van der Waals surface area contributed by atoms with E-state index in [0.29, 0.717) is 32.8 Å². The lowest BCUT2D eigenvalue weighted by atomic mass is 10.1. The summed E-state index contributed by atoms with van der Waals surface area (Å²) >= 11 is 10.8. The number of carbonyl (C=O) groups excluding carboxylic acids is 3. The van der Waals surface area contributed by atoms with Crippen LogP contribution in [0.15, 0.2) is 70.3 Å². The first-order valence-corrected chi connectivity index (χ1v) is 14.8. The summed E-state index contributed by atoms with van der Waals surface area (Å²) in [6.07, 6.45) is 0. The van der Waals surface area contributed by atoms with Crippen LogP contribution in [0.3, 0.4) is 0 Å². The highest BCUT2D eigenvalue weighted by atomic mass is 79.9. The molecular formula is C29H27BrClN5O4S. The minimum absolute atomic E-state index is 0.0582. The summed E-state index contributed by atoms with van der Waals surface area (Å²) in [5, 5.41) is 15.2. The zero-order valence-electron chi connectivity index (χ0n) is 22.5. The third kappa shape index (κ3) is 7.75. The maximum absolute atomic E-state index is 12.9. The highest BCUT2D eigenvalue weighted by Crippen LogP contribution is 2.26. The first-order chi connectivity index (χ1) is 19.7. The van der Waals surface area contributed by atoms with Crippen LogP contribution in [0.25, 0.3) is 5.69 Å². The quantitative estimate of drug-likeness (QED) is 0.156. The van der Waals surface area contributed by atoms with Crippen molar-refractivity contribution < 1.29 is 19.1 Å². The molecule has 0 spiro atoms. The van der Waals surface area contributed by atoms with Crippen molar-refractivity contribution in [3.8, 4) is 5.69 Å². The second-order valence-corrected chi connectivity index (χ2v) is 11.2. The van der Waals surface area contributed by atoms with Crippen molar-refractivity contribution in [3.63, 3.8) is 0 Å². The van der Waals surface area contributed by atoms with Gasteiger partial charge in [0.15, 0.2) is 11.0 Å². The Morgan fingerprint density at radius 1 is 1.02 bits per heavy atom. The van der Waals surface area contributed by atoms with Gasteiger partial charge in [0, 0.05) is 10.2 Å². The summed E-state index contributed by atoms with van der Waals surface area (Å²) in [6, 6.07) is 17.5. The first-order valence-electron chi connectivity index (χ1n) is 12.6. The molecule has 1 aromatic heterocycles. The number of benzene rings is 3. The largest absolute Gasteiger partial charge is 0.462 e. The Bertz CT molecular complexity index is 1590. The average molecular weight is 657 g/mol. The molecule has 0 fully saturated rings. The molecule has 0 aliphatic carbocycles. The Kier molecular flexibility index (Phi) is 10.2. The van der Waals surface area contributed by atoms with E-state index >= 15 is 0 Å². The van der Waals surface area contributed by atoms with E-state index in [9.17, 15) is 14.4 Å². The number of ether oxygens (including phenoxy) is 1. The molecule has 4 rings (SSSR count). The monoisotopic (exact) mass is 655 g/mol. The Morgan fingerprint density at radius 3 is 2.51 bits per heavy atom. The van der Waals surface area contributed by atoms with Crippen molar-refractivity contribution in [1.82, 2.24) is 20.1 Å². The number of aromatic nitrogens is 3. The Labute approximate surface area is 255 Å². The predicted molar refractivity (Wildman–Crippen MR) is 163 cm³/mol. The molecule has 0 aliphatic heterocycles. The molecule has 212 valence electrons.